The predicted octanol–water partition coefficient (Wildman–Crippen LogP) is 3.53. The van der Waals surface area contributed by atoms with Crippen LogP contribution in [0, 0.1) is 5.41 Å². The molecule has 0 aromatic heterocycles. The van der Waals surface area contributed by atoms with E-state index in [4.69, 9.17) is 18.9 Å². The second kappa shape index (κ2) is 7.57. The normalized spacial score (nSPS) is 10.7. The number of carbonyl (C=O) groups is 1. The maximum Gasteiger partial charge on any atom is 0.316 e. The van der Waals surface area contributed by atoms with E-state index in [1.165, 1.54) is 13.4 Å². The van der Waals surface area contributed by atoms with Gasteiger partial charge in [-0.1, -0.05) is 13.5 Å². The Morgan fingerprint density at radius 1 is 1.33 bits per heavy atom. The van der Waals surface area contributed by atoms with Crippen molar-refractivity contribution in [2.24, 2.45) is 5.41 Å². The summed E-state index contributed by atoms with van der Waals surface area (Å²) >= 11 is 0. The zero-order valence-electron chi connectivity index (χ0n) is 13.0. The summed E-state index contributed by atoms with van der Waals surface area (Å²) in [5.41, 5.74) is -0.528. The molecule has 0 bridgehead atoms. The Balaban J connectivity index is 2.82. The van der Waals surface area contributed by atoms with Gasteiger partial charge in [-0.25, -0.2) is 0 Å². The number of benzene rings is 1. The van der Waals surface area contributed by atoms with Gasteiger partial charge in [-0.2, -0.15) is 0 Å². The molecule has 116 valence electrons. The van der Waals surface area contributed by atoms with E-state index in [1.807, 2.05) is 20.8 Å². The van der Waals surface area contributed by atoms with E-state index in [9.17, 15) is 4.79 Å². The maximum atomic E-state index is 12.0. The average Bonchev–Trinajstić information content (AvgIpc) is 2.48. The molecule has 1 aromatic rings. The molecule has 0 aliphatic heterocycles. The lowest BCUT2D eigenvalue weighted by atomic mass is 9.91. The van der Waals surface area contributed by atoms with Gasteiger partial charge in [-0.15, -0.1) is 0 Å². The van der Waals surface area contributed by atoms with Crippen molar-refractivity contribution in [1.82, 2.24) is 0 Å². The molecule has 5 nitrogen and oxygen atoms in total. The van der Waals surface area contributed by atoms with Gasteiger partial charge >= 0.3 is 5.97 Å². The summed E-state index contributed by atoms with van der Waals surface area (Å²) in [6.45, 7) is 9.08. The van der Waals surface area contributed by atoms with Crippen molar-refractivity contribution >= 4 is 5.97 Å². The van der Waals surface area contributed by atoms with Crippen LogP contribution in [0.15, 0.2) is 31.0 Å². The third-order valence-corrected chi connectivity index (χ3v) is 3.18. The van der Waals surface area contributed by atoms with Gasteiger partial charge in [0.05, 0.1) is 18.8 Å². The first kappa shape index (κ1) is 16.9. The highest BCUT2D eigenvalue weighted by Crippen LogP contribution is 2.32. The topological polar surface area (TPSA) is 54.0 Å². The summed E-state index contributed by atoms with van der Waals surface area (Å²) in [7, 11) is 1.51. The highest BCUT2D eigenvalue weighted by molar-refractivity contribution is 5.78. The minimum absolute atomic E-state index is 0.0296. The van der Waals surface area contributed by atoms with Crippen LogP contribution in [-0.4, -0.2) is 19.9 Å². The van der Waals surface area contributed by atoms with Crippen LogP contribution in [0.3, 0.4) is 0 Å². The second-order valence-corrected chi connectivity index (χ2v) is 5.04. The summed E-state index contributed by atoms with van der Waals surface area (Å²) in [6.07, 6.45) is 1.98. The number of carbonyl (C=O) groups excluding carboxylic acids is 1. The quantitative estimate of drug-likeness (QED) is 0.241. The standard InChI is InChI=1S/C16H22O5/c1-6-16(3,4)15(17)21-12-8-9-13(14(10-12)18-5)20-11-19-7-2/h7-10H,2,6,11H2,1,3-5H3. The molecule has 5 heteroatoms. The largest absolute Gasteiger partial charge is 0.493 e. The van der Waals surface area contributed by atoms with Crippen molar-refractivity contribution in [3.8, 4) is 17.2 Å². The fourth-order valence-corrected chi connectivity index (χ4v) is 1.37. The van der Waals surface area contributed by atoms with E-state index in [0.717, 1.165) is 0 Å². The summed E-state index contributed by atoms with van der Waals surface area (Å²) in [5, 5.41) is 0. The second-order valence-electron chi connectivity index (χ2n) is 5.04. The van der Waals surface area contributed by atoms with Crippen LogP contribution in [0.1, 0.15) is 27.2 Å². The zero-order valence-corrected chi connectivity index (χ0v) is 13.0. The maximum absolute atomic E-state index is 12.0. The lowest BCUT2D eigenvalue weighted by molar-refractivity contribution is -0.144. The number of hydrogen-bond donors (Lipinski definition) is 0. The fourth-order valence-electron chi connectivity index (χ4n) is 1.37. The summed E-state index contributed by atoms with van der Waals surface area (Å²) in [5.74, 6) is 1.09. The smallest absolute Gasteiger partial charge is 0.316 e. The summed E-state index contributed by atoms with van der Waals surface area (Å²) in [4.78, 5) is 12.0. The van der Waals surface area contributed by atoms with Crippen molar-refractivity contribution in [3.63, 3.8) is 0 Å². The third-order valence-electron chi connectivity index (χ3n) is 3.18. The molecule has 0 radical (unpaired) electrons. The summed E-state index contributed by atoms with van der Waals surface area (Å²) in [6, 6.07) is 4.91. The van der Waals surface area contributed by atoms with Crippen LogP contribution in [0.4, 0.5) is 0 Å². The Kier molecular flexibility index (Phi) is 6.09. The van der Waals surface area contributed by atoms with Crippen LogP contribution in [0.5, 0.6) is 17.2 Å². The predicted molar refractivity (Wildman–Crippen MR) is 79.5 cm³/mol. The van der Waals surface area contributed by atoms with Crippen LogP contribution in [-0.2, 0) is 9.53 Å². The molecule has 0 N–H and O–H groups in total. The lowest BCUT2D eigenvalue weighted by Crippen LogP contribution is -2.28. The van der Waals surface area contributed by atoms with E-state index >= 15 is 0 Å². The molecule has 1 rings (SSSR count). The molecule has 0 atom stereocenters. The molecule has 0 saturated heterocycles. The Hall–Kier alpha value is -2.17. The van der Waals surface area contributed by atoms with Gasteiger partial charge in [0.1, 0.15) is 5.75 Å². The molecule has 0 amide bonds. The minimum atomic E-state index is -0.528. The fraction of sp³-hybridized carbons (Fsp3) is 0.438. The molecule has 0 aliphatic carbocycles. The van der Waals surface area contributed by atoms with Gasteiger partial charge in [-0.05, 0) is 32.4 Å². The first-order chi connectivity index (χ1) is 9.94. The van der Waals surface area contributed by atoms with Crippen LogP contribution >= 0.6 is 0 Å². The number of esters is 1. The van der Waals surface area contributed by atoms with E-state index in [0.29, 0.717) is 23.7 Å². The van der Waals surface area contributed by atoms with Crippen LogP contribution in [0.25, 0.3) is 0 Å². The lowest BCUT2D eigenvalue weighted by Gasteiger charge is -2.20. The van der Waals surface area contributed by atoms with Crippen molar-refractivity contribution in [2.75, 3.05) is 13.9 Å². The van der Waals surface area contributed by atoms with E-state index in [1.54, 1.807) is 18.2 Å². The van der Waals surface area contributed by atoms with E-state index in [2.05, 4.69) is 6.58 Å². The first-order valence-corrected chi connectivity index (χ1v) is 6.70. The summed E-state index contributed by atoms with van der Waals surface area (Å²) < 4.78 is 20.8. The highest BCUT2D eigenvalue weighted by Gasteiger charge is 2.27. The van der Waals surface area contributed by atoms with Gasteiger partial charge < -0.3 is 18.9 Å². The van der Waals surface area contributed by atoms with Crippen molar-refractivity contribution in [2.45, 2.75) is 27.2 Å². The molecular formula is C16H22O5. The average molecular weight is 294 g/mol. The molecule has 0 fully saturated rings. The van der Waals surface area contributed by atoms with Gasteiger partial charge in [0.15, 0.2) is 11.5 Å². The molecular weight excluding hydrogens is 272 g/mol. The van der Waals surface area contributed by atoms with Gasteiger partial charge in [0, 0.05) is 6.07 Å². The first-order valence-electron chi connectivity index (χ1n) is 6.70. The van der Waals surface area contributed by atoms with Crippen LogP contribution < -0.4 is 14.2 Å². The molecule has 1 aromatic carbocycles. The number of rotatable bonds is 8. The van der Waals surface area contributed by atoms with Crippen molar-refractivity contribution in [1.29, 1.82) is 0 Å². The molecule has 0 unspecified atom stereocenters. The zero-order chi connectivity index (χ0) is 15.9. The van der Waals surface area contributed by atoms with Crippen molar-refractivity contribution in [3.05, 3.63) is 31.0 Å². The third kappa shape index (κ3) is 4.70. The van der Waals surface area contributed by atoms with Gasteiger partial charge in [-0.3, -0.25) is 4.79 Å². The molecule has 21 heavy (non-hydrogen) atoms. The highest BCUT2D eigenvalue weighted by atomic mass is 16.7. The molecule has 0 heterocycles. The monoisotopic (exact) mass is 294 g/mol. The molecule has 0 spiro atoms. The SMILES string of the molecule is C=COCOc1ccc(OC(=O)C(C)(C)CC)cc1OC. The van der Waals surface area contributed by atoms with Crippen LogP contribution in [0.2, 0.25) is 0 Å². The Bertz CT molecular complexity index is 493. The molecule has 0 saturated carbocycles. The van der Waals surface area contributed by atoms with Gasteiger partial charge in [0.2, 0.25) is 6.79 Å². The van der Waals surface area contributed by atoms with Gasteiger partial charge in [0.25, 0.3) is 0 Å². The Morgan fingerprint density at radius 3 is 2.62 bits per heavy atom. The number of hydrogen-bond acceptors (Lipinski definition) is 5. The number of ether oxygens (including phenoxy) is 4. The minimum Gasteiger partial charge on any atom is -0.493 e. The Labute approximate surface area is 125 Å². The van der Waals surface area contributed by atoms with Crippen molar-refractivity contribution < 1.29 is 23.7 Å². The molecule has 0 aliphatic rings. The number of methoxy groups -OCH3 is 1. The Morgan fingerprint density at radius 2 is 2.05 bits per heavy atom. The van der Waals surface area contributed by atoms with E-state index < -0.39 is 5.41 Å². The van der Waals surface area contributed by atoms with E-state index in [-0.39, 0.29) is 12.8 Å².